The third-order valence-electron chi connectivity index (χ3n) is 6.27. The Labute approximate surface area is 213 Å². The van der Waals surface area contributed by atoms with Crippen LogP contribution in [0.1, 0.15) is 29.7 Å². The van der Waals surface area contributed by atoms with Crippen molar-refractivity contribution in [1.82, 2.24) is 15.0 Å². The van der Waals surface area contributed by atoms with Crippen LogP contribution in [0.15, 0.2) is 55.0 Å². The monoisotopic (exact) mass is 528 g/mol. The van der Waals surface area contributed by atoms with Crippen LogP contribution in [0.4, 0.5) is 35.0 Å². The Kier molecular flexibility index (Phi) is 6.03. The maximum Gasteiger partial charge on any atom is 0.417 e. The first-order chi connectivity index (χ1) is 17.6. The van der Waals surface area contributed by atoms with Crippen LogP contribution in [0.2, 0.25) is 5.02 Å². The highest BCUT2D eigenvalue weighted by Gasteiger charge is 2.53. The molecule has 0 unspecified atom stereocenters. The van der Waals surface area contributed by atoms with Gasteiger partial charge in [-0.25, -0.2) is 14.8 Å². The summed E-state index contributed by atoms with van der Waals surface area (Å²) in [5.41, 5.74) is 0.985. The van der Waals surface area contributed by atoms with Crippen molar-refractivity contribution in [2.45, 2.75) is 31.4 Å². The highest BCUT2D eigenvalue weighted by atomic mass is 35.5. The van der Waals surface area contributed by atoms with Crippen LogP contribution in [-0.2, 0) is 16.4 Å². The minimum absolute atomic E-state index is 0.0774. The molecule has 0 radical (unpaired) electrons. The molecule has 12 heteroatoms. The number of hydrogen-bond acceptors (Lipinski definition) is 4. The predicted octanol–water partition coefficient (Wildman–Crippen LogP) is 6.25. The average molecular weight is 529 g/mol. The normalized spacial score (nSPS) is 14.3. The summed E-state index contributed by atoms with van der Waals surface area (Å²) in [4.78, 5) is 37.4. The molecular formula is C25H20ClF3N6O2. The number of anilines is 3. The lowest BCUT2D eigenvalue weighted by Crippen LogP contribution is -2.29. The Morgan fingerprint density at radius 3 is 2.41 bits per heavy atom. The molecule has 1 aliphatic rings. The molecule has 0 atom stereocenters. The van der Waals surface area contributed by atoms with E-state index in [0.29, 0.717) is 35.6 Å². The number of benzene rings is 2. The minimum Gasteiger partial charge on any atom is -0.346 e. The Bertz CT molecular complexity index is 1530. The molecule has 8 nitrogen and oxygen atoms in total. The van der Waals surface area contributed by atoms with Gasteiger partial charge in [-0.05, 0) is 61.7 Å². The maximum atomic E-state index is 13.3. The highest BCUT2D eigenvalue weighted by molar-refractivity contribution is 6.31. The van der Waals surface area contributed by atoms with Gasteiger partial charge in [-0.1, -0.05) is 17.7 Å². The van der Waals surface area contributed by atoms with Crippen LogP contribution >= 0.6 is 11.6 Å². The largest absolute Gasteiger partial charge is 0.417 e. The molecule has 5 rings (SSSR count). The summed E-state index contributed by atoms with van der Waals surface area (Å²) in [6.07, 6.45) is -0.219. The van der Waals surface area contributed by atoms with Crippen LogP contribution < -0.4 is 16.0 Å². The van der Waals surface area contributed by atoms with Gasteiger partial charge in [0, 0.05) is 28.6 Å². The van der Waals surface area contributed by atoms with Gasteiger partial charge in [0.15, 0.2) is 0 Å². The van der Waals surface area contributed by atoms with Crippen molar-refractivity contribution in [3.8, 4) is 0 Å². The van der Waals surface area contributed by atoms with E-state index in [1.165, 1.54) is 12.4 Å². The molecule has 4 N–H and O–H groups in total. The fourth-order valence-corrected chi connectivity index (χ4v) is 4.36. The number of aryl methyl sites for hydroxylation is 1. The number of hydrogen-bond donors (Lipinski definition) is 4. The second kappa shape index (κ2) is 9.07. The zero-order valence-corrected chi connectivity index (χ0v) is 20.1. The van der Waals surface area contributed by atoms with Crippen LogP contribution in [0, 0.1) is 6.92 Å². The number of amides is 3. The average Bonchev–Trinajstić information content (AvgIpc) is 3.51. The van der Waals surface area contributed by atoms with Gasteiger partial charge in [0.05, 0.1) is 21.7 Å². The van der Waals surface area contributed by atoms with Crippen LogP contribution in [0.3, 0.4) is 0 Å². The first-order valence-electron chi connectivity index (χ1n) is 11.2. The van der Waals surface area contributed by atoms with Crippen molar-refractivity contribution < 1.29 is 22.8 Å². The molecule has 2 aromatic heterocycles. The van der Waals surface area contributed by atoms with Crippen molar-refractivity contribution in [2.75, 3.05) is 16.0 Å². The standard InChI is InChI=1S/C25H20ClF3N6O2/c1-13-2-3-15(34-23(37)33-14-4-5-18(26)17(10-14)25(27,28)29)11-19(13)35-22(36)24(7-8-24)20-16-6-9-30-21(16)32-12-31-20/h2-6,9-12H,7-8H2,1H3,(H,35,36)(H,30,31,32)(H2,33,34,37). The number of rotatable bonds is 5. The summed E-state index contributed by atoms with van der Waals surface area (Å²) >= 11 is 5.63. The van der Waals surface area contributed by atoms with Gasteiger partial charge in [-0.3, -0.25) is 4.79 Å². The smallest absolute Gasteiger partial charge is 0.346 e. The Hall–Kier alpha value is -4.12. The molecule has 1 saturated carbocycles. The van der Waals surface area contributed by atoms with Gasteiger partial charge in [0.2, 0.25) is 5.91 Å². The summed E-state index contributed by atoms with van der Waals surface area (Å²) in [5, 5.41) is 8.19. The van der Waals surface area contributed by atoms with Gasteiger partial charge in [-0.15, -0.1) is 0 Å². The molecule has 1 aliphatic carbocycles. The molecule has 190 valence electrons. The topological polar surface area (TPSA) is 112 Å². The van der Waals surface area contributed by atoms with Gasteiger partial charge >= 0.3 is 12.2 Å². The van der Waals surface area contributed by atoms with Crippen LogP contribution in [-0.4, -0.2) is 26.9 Å². The van der Waals surface area contributed by atoms with Crippen LogP contribution in [0.25, 0.3) is 11.0 Å². The van der Waals surface area contributed by atoms with Gasteiger partial charge in [0.25, 0.3) is 0 Å². The van der Waals surface area contributed by atoms with E-state index in [0.717, 1.165) is 23.1 Å². The van der Waals surface area contributed by atoms with E-state index in [9.17, 15) is 22.8 Å². The van der Waals surface area contributed by atoms with Gasteiger partial charge in [0.1, 0.15) is 12.0 Å². The Balaban J connectivity index is 1.31. The number of carbonyl (C=O) groups excluding carboxylic acids is 2. The quantitative estimate of drug-likeness (QED) is 0.245. The number of carbonyl (C=O) groups is 2. The molecule has 0 aliphatic heterocycles. The van der Waals surface area contributed by atoms with E-state index in [2.05, 4.69) is 30.9 Å². The second-order valence-electron chi connectivity index (χ2n) is 8.80. The Morgan fingerprint density at radius 2 is 1.70 bits per heavy atom. The molecule has 37 heavy (non-hydrogen) atoms. The number of aromatic amines is 1. The zero-order valence-electron chi connectivity index (χ0n) is 19.3. The van der Waals surface area contributed by atoms with Gasteiger partial charge < -0.3 is 20.9 Å². The van der Waals surface area contributed by atoms with E-state index in [-0.39, 0.29) is 11.6 Å². The predicted molar refractivity (Wildman–Crippen MR) is 134 cm³/mol. The molecule has 0 spiro atoms. The summed E-state index contributed by atoms with van der Waals surface area (Å²) in [5.74, 6) is -0.223. The van der Waals surface area contributed by atoms with Crippen molar-refractivity contribution in [3.05, 3.63) is 76.8 Å². The molecule has 3 amide bonds. The number of H-pyrrole nitrogens is 1. The molecule has 4 aromatic rings. The summed E-state index contributed by atoms with van der Waals surface area (Å²) in [7, 11) is 0. The molecule has 2 aromatic carbocycles. The Morgan fingerprint density at radius 1 is 1.00 bits per heavy atom. The van der Waals surface area contributed by atoms with Crippen molar-refractivity contribution in [1.29, 1.82) is 0 Å². The van der Waals surface area contributed by atoms with Crippen LogP contribution in [0.5, 0.6) is 0 Å². The number of alkyl halides is 3. The van der Waals surface area contributed by atoms with Crippen molar-refractivity contribution >= 4 is 51.6 Å². The third kappa shape index (κ3) is 4.82. The molecule has 0 saturated heterocycles. The fraction of sp³-hybridized carbons (Fsp3) is 0.200. The number of urea groups is 1. The van der Waals surface area contributed by atoms with E-state index in [1.54, 1.807) is 31.3 Å². The first-order valence-corrected chi connectivity index (χ1v) is 11.6. The summed E-state index contributed by atoms with van der Waals surface area (Å²) < 4.78 is 39.3. The summed E-state index contributed by atoms with van der Waals surface area (Å²) in [6, 6.07) is 9.08. The maximum absolute atomic E-state index is 13.3. The first kappa shape index (κ1) is 24.6. The zero-order chi connectivity index (χ0) is 26.4. The van der Waals surface area contributed by atoms with E-state index in [1.807, 2.05) is 6.07 Å². The number of fused-ring (bicyclic) bond motifs is 1. The fourth-order valence-electron chi connectivity index (χ4n) is 4.14. The van der Waals surface area contributed by atoms with E-state index >= 15 is 0 Å². The lowest BCUT2D eigenvalue weighted by Gasteiger charge is -2.18. The lowest BCUT2D eigenvalue weighted by molar-refractivity contribution is -0.137. The summed E-state index contributed by atoms with van der Waals surface area (Å²) in [6.45, 7) is 1.81. The van der Waals surface area contributed by atoms with E-state index in [4.69, 9.17) is 11.6 Å². The van der Waals surface area contributed by atoms with Gasteiger partial charge in [-0.2, -0.15) is 13.2 Å². The molecule has 0 bridgehead atoms. The number of nitrogens with one attached hydrogen (secondary N) is 4. The van der Waals surface area contributed by atoms with Crippen molar-refractivity contribution in [3.63, 3.8) is 0 Å². The SMILES string of the molecule is Cc1ccc(NC(=O)Nc2ccc(Cl)c(C(F)(F)F)c2)cc1NC(=O)C1(c2ncnc3[nH]ccc23)CC1. The van der Waals surface area contributed by atoms with Crippen molar-refractivity contribution in [2.24, 2.45) is 0 Å². The number of halogens is 4. The number of aromatic nitrogens is 3. The third-order valence-corrected chi connectivity index (χ3v) is 6.59. The van der Waals surface area contributed by atoms with E-state index < -0.39 is 28.2 Å². The number of nitrogens with zero attached hydrogens (tertiary/aromatic N) is 2. The molecule has 1 fully saturated rings. The molecule has 2 heterocycles. The molecular weight excluding hydrogens is 509 g/mol. The minimum atomic E-state index is -4.66. The lowest BCUT2D eigenvalue weighted by atomic mass is 9.98. The second-order valence-corrected chi connectivity index (χ2v) is 9.21. The highest BCUT2D eigenvalue weighted by Crippen LogP contribution is 2.50.